The van der Waals surface area contributed by atoms with Crippen molar-refractivity contribution in [2.45, 2.75) is 175 Å². The molecule has 0 aliphatic heterocycles. The summed E-state index contributed by atoms with van der Waals surface area (Å²) in [5, 5.41) is 13.0. The van der Waals surface area contributed by atoms with Gasteiger partial charge in [0.2, 0.25) is 0 Å². The number of para-hydroxylation sites is 1. The van der Waals surface area contributed by atoms with Gasteiger partial charge in [-0.05, 0) is 81.9 Å². The Kier molecular flexibility index (Phi) is 15.8. The van der Waals surface area contributed by atoms with Crippen LogP contribution in [0, 0.1) is 11.8 Å². The van der Waals surface area contributed by atoms with Gasteiger partial charge in [0.25, 0.3) is 0 Å². The molecule has 2 rings (SSSR count). The Morgan fingerprint density at radius 2 is 1.32 bits per heavy atom. The molecule has 270 valence electrons. The molecule has 0 bridgehead atoms. The van der Waals surface area contributed by atoms with E-state index in [-0.39, 0.29) is 29.1 Å². The van der Waals surface area contributed by atoms with Crippen molar-refractivity contribution in [2.75, 3.05) is 6.61 Å². The Morgan fingerprint density at radius 3 is 1.79 bits per heavy atom. The Balaban J connectivity index is 2.55. The summed E-state index contributed by atoms with van der Waals surface area (Å²) < 4.78 is 24.0. The van der Waals surface area contributed by atoms with Crippen LogP contribution in [-0.2, 0) is 19.7 Å². The average molecular weight is 705 g/mol. The van der Waals surface area contributed by atoms with E-state index in [0.29, 0.717) is 16.6 Å². The number of hydrogen-bond acceptors (Lipinski definition) is 6. The van der Waals surface area contributed by atoms with Crippen molar-refractivity contribution in [3.05, 3.63) is 36.2 Å². The van der Waals surface area contributed by atoms with Gasteiger partial charge >= 0.3 is 0 Å². The van der Waals surface area contributed by atoms with E-state index in [4.69, 9.17) is 13.3 Å². The maximum Gasteiger partial charge on any atom is 0.200 e. The zero-order chi connectivity index (χ0) is 35.8. The zero-order valence-corrected chi connectivity index (χ0v) is 36.2. The molecule has 0 aliphatic carbocycles. The molecule has 0 aliphatic rings. The number of benzene rings is 1. The lowest BCUT2D eigenvalue weighted by Gasteiger charge is -2.47. The van der Waals surface area contributed by atoms with Gasteiger partial charge in [0.1, 0.15) is 0 Å². The molecule has 1 heterocycles. The van der Waals surface area contributed by atoms with Gasteiger partial charge in [0, 0.05) is 24.9 Å². The first-order chi connectivity index (χ1) is 21.8. The average Bonchev–Trinajstić information content (AvgIpc) is 3.48. The van der Waals surface area contributed by atoms with Gasteiger partial charge in [-0.2, -0.15) is 4.68 Å². The quantitative estimate of drug-likeness (QED) is 0.128. The third-order valence-corrected chi connectivity index (χ3v) is 27.0. The molecule has 10 heteroatoms. The number of aryl methyl sites for hydroxylation is 1. The molecule has 47 heavy (non-hydrogen) atoms. The van der Waals surface area contributed by atoms with Crippen LogP contribution in [0.5, 0.6) is 0 Å². The van der Waals surface area contributed by atoms with Crippen molar-refractivity contribution in [1.29, 1.82) is 0 Å². The van der Waals surface area contributed by atoms with E-state index >= 15 is 0 Å². The second-order valence-corrected chi connectivity index (χ2v) is 31.5. The summed E-state index contributed by atoms with van der Waals surface area (Å²) in [6.07, 6.45) is 1.63. The van der Waals surface area contributed by atoms with E-state index in [1.165, 1.54) is 0 Å². The fourth-order valence-corrected chi connectivity index (χ4v) is 17.5. The van der Waals surface area contributed by atoms with E-state index in [1.807, 2.05) is 22.9 Å². The van der Waals surface area contributed by atoms with Gasteiger partial charge in [-0.15, -0.1) is 5.10 Å². The second-order valence-electron chi connectivity index (χ2n) is 16.6. The monoisotopic (exact) mass is 704 g/mol. The summed E-state index contributed by atoms with van der Waals surface area (Å²) in [4.78, 5) is 0. The lowest BCUT2D eigenvalue weighted by atomic mass is 9.88. The molecule has 4 atom stereocenters. The Morgan fingerprint density at radius 1 is 0.787 bits per heavy atom. The highest BCUT2D eigenvalue weighted by atomic mass is 28.4. The van der Waals surface area contributed by atoms with Crippen LogP contribution in [0.4, 0.5) is 0 Å². The fourth-order valence-electron chi connectivity index (χ4n) is 7.49. The third kappa shape index (κ3) is 10.2. The van der Waals surface area contributed by atoms with Crippen LogP contribution in [0.3, 0.4) is 0 Å². The van der Waals surface area contributed by atoms with Gasteiger partial charge in [-0.3, -0.25) is 0 Å². The van der Waals surface area contributed by atoms with Crippen LogP contribution in [0.1, 0.15) is 109 Å². The lowest BCUT2D eigenvalue weighted by molar-refractivity contribution is -0.00816. The first-order valence-corrected chi connectivity index (χ1v) is 26.2. The standard InChI is InChI=1S/C37H72N4O3Si3/c1-17-46(18-2,19-3)43-34(25-26-35-38-39-40-41(35)33-23-21-20-22-24-33)32(11)36(44-45(15,16)37(12,13)14)31(10)27-42-47(28(4)5,29(6)7)30(8)9/h20-24,28-32,34,36H,17-19,25-27H2,1-16H3/t31-,32+,34-,36-/m0/s1. The number of nitrogens with zero attached hydrogens (tertiary/aromatic N) is 4. The maximum absolute atomic E-state index is 7.46. The topological polar surface area (TPSA) is 71.3 Å². The molecule has 0 saturated heterocycles. The molecule has 0 fully saturated rings. The third-order valence-electron chi connectivity index (χ3n) is 11.7. The highest BCUT2D eigenvalue weighted by Gasteiger charge is 2.48. The second kappa shape index (κ2) is 17.7. The minimum Gasteiger partial charge on any atom is -0.416 e. The highest BCUT2D eigenvalue weighted by molar-refractivity contribution is 6.77. The van der Waals surface area contributed by atoms with Crippen molar-refractivity contribution >= 4 is 25.0 Å². The van der Waals surface area contributed by atoms with Crippen molar-refractivity contribution < 1.29 is 13.3 Å². The van der Waals surface area contributed by atoms with Gasteiger partial charge in [0.05, 0.1) is 17.9 Å². The van der Waals surface area contributed by atoms with E-state index in [0.717, 1.165) is 49.1 Å². The summed E-state index contributed by atoms with van der Waals surface area (Å²) in [6.45, 7) is 38.5. The molecule has 0 unspecified atom stereocenters. The van der Waals surface area contributed by atoms with E-state index in [2.05, 4.69) is 138 Å². The van der Waals surface area contributed by atoms with Gasteiger partial charge in [-0.1, -0.05) is 115 Å². The van der Waals surface area contributed by atoms with Crippen LogP contribution in [0.15, 0.2) is 30.3 Å². The molecular formula is C37H72N4O3Si3. The molecule has 0 saturated carbocycles. The lowest BCUT2D eigenvalue weighted by Crippen LogP contribution is -2.53. The molecule has 0 amide bonds. The molecule has 1 aromatic carbocycles. The molecule has 2 aromatic rings. The van der Waals surface area contributed by atoms with Gasteiger partial charge < -0.3 is 13.3 Å². The van der Waals surface area contributed by atoms with Crippen LogP contribution < -0.4 is 0 Å². The predicted octanol–water partition coefficient (Wildman–Crippen LogP) is 10.8. The number of aromatic nitrogens is 4. The van der Waals surface area contributed by atoms with E-state index < -0.39 is 25.0 Å². The SMILES string of the molecule is CC[Si](CC)(CC)O[C@@H](CCc1nnnn1-c1ccccc1)[C@@H](C)[C@@H](O[Si](C)(C)C(C)(C)C)[C@@H](C)CO[Si](C(C)C)(C(C)C)C(C)C. The van der Waals surface area contributed by atoms with Crippen molar-refractivity contribution in [3.63, 3.8) is 0 Å². The van der Waals surface area contributed by atoms with E-state index in [1.54, 1.807) is 0 Å². The largest absolute Gasteiger partial charge is 0.416 e. The van der Waals surface area contributed by atoms with Crippen LogP contribution in [-0.4, -0.2) is 64.0 Å². The van der Waals surface area contributed by atoms with Crippen LogP contribution in [0.2, 0.25) is 52.9 Å². The first-order valence-electron chi connectivity index (χ1n) is 18.6. The highest BCUT2D eigenvalue weighted by Crippen LogP contribution is 2.44. The Labute approximate surface area is 292 Å². The Bertz CT molecular complexity index is 1150. The maximum atomic E-state index is 7.46. The smallest absolute Gasteiger partial charge is 0.200 e. The first kappa shape index (κ1) is 42.0. The number of tetrazole rings is 1. The summed E-state index contributed by atoms with van der Waals surface area (Å²) in [5.74, 6) is 1.27. The summed E-state index contributed by atoms with van der Waals surface area (Å²) in [6, 6.07) is 13.5. The molecule has 7 nitrogen and oxygen atoms in total. The molecule has 0 radical (unpaired) electrons. The number of rotatable bonds is 20. The summed E-state index contributed by atoms with van der Waals surface area (Å²) in [5.41, 5.74) is 2.62. The molecular weight excluding hydrogens is 633 g/mol. The normalized spacial score (nSPS) is 16.2. The van der Waals surface area contributed by atoms with Crippen molar-refractivity contribution in [2.24, 2.45) is 11.8 Å². The summed E-state index contributed by atoms with van der Waals surface area (Å²) >= 11 is 0. The summed E-state index contributed by atoms with van der Waals surface area (Å²) in [7, 11) is -6.09. The fraction of sp³-hybridized carbons (Fsp3) is 0.811. The van der Waals surface area contributed by atoms with Crippen molar-refractivity contribution in [1.82, 2.24) is 20.2 Å². The predicted molar refractivity (Wildman–Crippen MR) is 207 cm³/mol. The molecule has 1 aromatic heterocycles. The van der Waals surface area contributed by atoms with Crippen molar-refractivity contribution in [3.8, 4) is 5.69 Å². The molecule has 0 N–H and O–H groups in total. The minimum absolute atomic E-state index is 0.0152. The van der Waals surface area contributed by atoms with Crippen LogP contribution in [0.25, 0.3) is 5.69 Å². The van der Waals surface area contributed by atoms with E-state index in [9.17, 15) is 0 Å². The minimum atomic E-state index is -2.12. The number of hydrogen-bond donors (Lipinski definition) is 0. The van der Waals surface area contributed by atoms with Gasteiger partial charge in [0.15, 0.2) is 30.8 Å². The Hall–Kier alpha value is -1.18. The van der Waals surface area contributed by atoms with Crippen LogP contribution >= 0.6 is 0 Å². The zero-order valence-electron chi connectivity index (χ0n) is 33.2. The molecule has 0 spiro atoms. The van der Waals surface area contributed by atoms with Gasteiger partial charge in [-0.25, -0.2) is 0 Å².